The largest absolute Gasteiger partial charge is 0.377 e. The molecule has 82 valence electrons. The monoisotopic (exact) mass is 351 g/mol. The van der Waals surface area contributed by atoms with Crippen molar-refractivity contribution in [2.24, 2.45) is 0 Å². The van der Waals surface area contributed by atoms with Crippen LogP contribution >= 0.6 is 43.6 Å². The van der Waals surface area contributed by atoms with Crippen molar-refractivity contribution < 1.29 is 4.74 Å². The zero-order chi connectivity index (χ0) is 10.8. The lowest BCUT2D eigenvalue weighted by Gasteiger charge is -2.13. The molecule has 0 spiro atoms. The molecule has 0 aliphatic carbocycles. The van der Waals surface area contributed by atoms with Crippen LogP contribution in [0.5, 0.6) is 0 Å². The van der Waals surface area contributed by atoms with Gasteiger partial charge in [-0.25, -0.2) is 4.98 Å². The van der Waals surface area contributed by atoms with E-state index in [0.29, 0.717) is 11.4 Å². The van der Waals surface area contributed by atoms with E-state index in [9.17, 15) is 0 Å². The molecular formula is C10H11Br2NOS. The lowest BCUT2D eigenvalue weighted by atomic mass is 10.3. The summed E-state index contributed by atoms with van der Waals surface area (Å²) >= 11 is 8.71. The van der Waals surface area contributed by atoms with Crippen molar-refractivity contribution in [2.45, 2.75) is 29.7 Å². The van der Waals surface area contributed by atoms with Crippen LogP contribution in [-0.2, 0) is 4.74 Å². The van der Waals surface area contributed by atoms with E-state index < -0.39 is 0 Å². The molecule has 1 aromatic heterocycles. The van der Waals surface area contributed by atoms with Gasteiger partial charge in [-0.2, -0.15) is 0 Å². The van der Waals surface area contributed by atoms with E-state index in [1.807, 2.05) is 12.3 Å². The number of halogens is 2. The maximum absolute atomic E-state index is 5.53. The average Bonchev–Trinajstić information content (AvgIpc) is 2.57. The summed E-state index contributed by atoms with van der Waals surface area (Å²) in [5.74, 6) is 0. The molecule has 2 atom stereocenters. The van der Waals surface area contributed by atoms with Gasteiger partial charge in [-0.05, 0) is 51.3 Å². The Morgan fingerprint density at radius 1 is 1.53 bits per heavy atom. The molecule has 1 saturated heterocycles. The Labute approximate surface area is 110 Å². The molecule has 1 fully saturated rings. The highest BCUT2D eigenvalue weighted by atomic mass is 79.9. The fraction of sp³-hybridized carbons (Fsp3) is 0.500. The van der Waals surface area contributed by atoms with Gasteiger partial charge >= 0.3 is 0 Å². The number of hydrogen-bond acceptors (Lipinski definition) is 3. The second-order valence-electron chi connectivity index (χ2n) is 3.46. The summed E-state index contributed by atoms with van der Waals surface area (Å²) in [5.41, 5.74) is 0. The van der Waals surface area contributed by atoms with Crippen LogP contribution in [0.25, 0.3) is 0 Å². The number of pyridine rings is 1. The third kappa shape index (κ3) is 2.96. The van der Waals surface area contributed by atoms with E-state index in [0.717, 1.165) is 27.0 Å². The van der Waals surface area contributed by atoms with Crippen LogP contribution in [0.1, 0.15) is 13.3 Å². The lowest BCUT2D eigenvalue weighted by Crippen LogP contribution is -2.13. The van der Waals surface area contributed by atoms with Crippen LogP contribution in [0.2, 0.25) is 0 Å². The molecule has 5 heteroatoms. The maximum Gasteiger partial charge on any atom is 0.111 e. The van der Waals surface area contributed by atoms with Crippen LogP contribution in [0.15, 0.2) is 26.2 Å². The van der Waals surface area contributed by atoms with Gasteiger partial charge in [0.1, 0.15) is 5.03 Å². The summed E-state index contributed by atoms with van der Waals surface area (Å²) in [4.78, 5) is 4.39. The molecule has 0 bridgehead atoms. The van der Waals surface area contributed by atoms with Crippen molar-refractivity contribution in [1.82, 2.24) is 4.98 Å². The lowest BCUT2D eigenvalue weighted by molar-refractivity contribution is 0.127. The molecule has 2 nitrogen and oxygen atoms in total. The van der Waals surface area contributed by atoms with E-state index in [1.54, 1.807) is 11.8 Å². The van der Waals surface area contributed by atoms with Crippen LogP contribution in [0.4, 0.5) is 0 Å². The Kier molecular flexibility index (Phi) is 4.10. The number of nitrogens with zero attached hydrogens (tertiary/aromatic N) is 1. The van der Waals surface area contributed by atoms with Crippen LogP contribution in [0.3, 0.4) is 0 Å². The predicted octanol–water partition coefficient (Wildman–Crippen LogP) is 3.88. The first kappa shape index (κ1) is 11.9. The van der Waals surface area contributed by atoms with Gasteiger partial charge in [-0.3, -0.25) is 0 Å². The molecule has 2 heterocycles. The summed E-state index contributed by atoms with van der Waals surface area (Å²) in [7, 11) is 0. The summed E-state index contributed by atoms with van der Waals surface area (Å²) in [6.07, 6.45) is 3.26. The van der Waals surface area contributed by atoms with Gasteiger partial charge < -0.3 is 4.74 Å². The van der Waals surface area contributed by atoms with Crippen molar-refractivity contribution in [3.05, 3.63) is 21.2 Å². The van der Waals surface area contributed by atoms with Crippen molar-refractivity contribution in [3.8, 4) is 0 Å². The Morgan fingerprint density at radius 3 is 2.93 bits per heavy atom. The second-order valence-corrected chi connectivity index (χ2v) is 6.46. The number of ether oxygens (including phenoxy) is 1. The standard InChI is InChI=1S/C10H11Br2NOS/c1-6-9(2-3-14-6)15-10-8(12)4-7(11)5-13-10/h4-6,9H,2-3H2,1H3. The topological polar surface area (TPSA) is 22.1 Å². The Balaban J connectivity index is 2.10. The van der Waals surface area contributed by atoms with Gasteiger partial charge in [0.05, 0.1) is 10.6 Å². The molecule has 2 unspecified atom stereocenters. The molecule has 0 saturated carbocycles. The van der Waals surface area contributed by atoms with Gasteiger partial charge in [0.15, 0.2) is 0 Å². The Morgan fingerprint density at radius 2 is 2.33 bits per heavy atom. The van der Waals surface area contributed by atoms with E-state index in [1.165, 1.54) is 0 Å². The van der Waals surface area contributed by atoms with Gasteiger partial charge in [-0.15, -0.1) is 0 Å². The third-order valence-corrected chi connectivity index (χ3v) is 5.11. The van der Waals surface area contributed by atoms with Crippen molar-refractivity contribution in [2.75, 3.05) is 6.61 Å². The molecule has 0 N–H and O–H groups in total. The Bertz CT molecular complexity index is 361. The van der Waals surface area contributed by atoms with Gasteiger partial charge in [0, 0.05) is 22.5 Å². The fourth-order valence-corrected chi connectivity index (χ4v) is 3.82. The zero-order valence-electron chi connectivity index (χ0n) is 8.24. The molecule has 1 aliphatic rings. The number of hydrogen-bond donors (Lipinski definition) is 0. The first-order chi connectivity index (χ1) is 7.16. The molecule has 2 rings (SSSR count). The first-order valence-electron chi connectivity index (χ1n) is 4.76. The van der Waals surface area contributed by atoms with Crippen LogP contribution < -0.4 is 0 Å². The zero-order valence-corrected chi connectivity index (χ0v) is 12.2. The minimum atomic E-state index is 0.326. The summed E-state index contributed by atoms with van der Waals surface area (Å²) in [6, 6.07) is 2.02. The normalized spacial score (nSPS) is 25.8. The second kappa shape index (κ2) is 5.17. The van der Waals surface area contributed by atoms with Crippen molar-refractivity contribution in [1.29, 1.82) is 0 Å². The molecular weight excluding hydrogens is 342 g/mol. The van der Waals surface area contributed by atoms with Crippen LogP contribution in [-0.4, -0.2) is 22.9 Å². The van der Waals surface area contributed by atoms with E-state index >= 15 is 0 Å². The van der Waals surface area contributed by atoms with Crippen molar-refractivity contribution >= 4 is 43.6 Å². The maximum atomic E-state index is 5.53. The molecule has 0 radical (unpaired) electrons. The quantitative estimate of drug-likeness (QED) is 0.806. The highest BCUT2D eigenvalue weighted by molar-refractivity contribution is 9.11. The SMILES string of the molecule is CC1OCCC1Sc1ncc(Br)cc1Br. The molecule has 15 heavy (non-hydrogen) atoms. The van der Waals surface area contributed by atoms with Crippen molar-refractivity contribution in [3.63, 3.8) is 0 Å². The molecule has 1 aliphatic heterocycles. The smallest absolute Gasteiger partial charge is 0.111 e. The van der Waals surface area contributed by atoms with Crippen LogP contribution in [0, 0.1) is 0 Å². The predicted molar refractivity (Wildman–Crippen MR) is 69.3 cm³/mol. The summed E-state index contributed by atoms with van der Waals surface area (Å²) in [5, 5.41) is 1.57. The number of thioether (sulfide) groups is 1. The van der Waals surface area contributed by atoms with E-state index in [4.69, 9.17) is 4.74 Å². The van der Waals surface area contributed by atoms with Gasteiger partial charge in [0.2, 0.25) is 0 Å². The number of rotatable bonds is 2. The number of aromatic nitrogens is 1. The molecule has 0 amide bonds. The minimum Gasteiger partial charge on any atom is -0.377 e. The summed E-state index contributed by atoms with van der Waals surface area (Å²) < 4.78 is 7.57. The highest BCUT2D eigenvalue weighted by Crippen LogP contribution is 2.35. The minimum absolute atomic E-state index is 0.326. The first-order valence-corrected chi connectivity index (χ1v) is 7.22. The van der Waals surface area contributed by atoms with Gasteiger partial charge in [-0.1, -0.05) is 11.8 Å². The van der Waals surface area contributed by atoms with E-state index in [2.05, 4.69) is 43.8 Å². The molecule has 1 aromatic rings. The average molecular weight is 353 g/mol. The van der Waals surface area contributed by atoms with E-state index in [-0.39, 0.29) is 0 Å². The Hall–Kier alpha value is 0.420. The third-order valence-electron chi connectivity index (χ3n) is 2.34. The fourth-order valence-electron chi connectivity index (χ4n) is 1.50. The van der Waals surface area contributed by atoms with Gasteiger partial charge in [0.25, 0.3) is 0 Å². The molecule has 0 aromatic carbocycles. The highest BCUT2D eigenvalue weighted by Gasteiger charge is 2.26. The summed E-state index contributed by atoms with van der Waals surface area (Å²) in [6.45, 7) is 2.99.